The molecule has 0 radical (unpaired) electrons. The average molecular weight is 906 g/mol. The molecule has 3 aliphatic rings. The van der Waals surface area contributed by atoms with Crippen LogP contribution < -0.4 is 21.7 Å². The molecule has 3 aromatic carbocycles. The van der Waals surface area contributed by atoms with Gasteiger partial charge in [-0.1, -0.05) is 52.3 Å². The summed E-state index contributed by atoms with van der Waals surface area (Å²) in [7, 11) is 0. The van der Waals surface area contributed by atoms with Gasteiger partial charge >= 0.3 is 12.2 Å². The van der Waals surface area contributed by atoms with Crippen LogP contribution in [0.1, 0.15) is 96.8 Å². The second-order valence-corrected chi connectivity index (χ2v) is 18.1. The van der Waals surface area contributed by atoms with Crippen LogP contribution in [0.2, 0.25) is 0 Å². The van der Waals surface area contributed by atoms with Crippen molar-refractivity contribution in [1.29, 1.82) is 0 Å². The lowest BCUT2D eigenvalue weighted by Gasteiger charge is -2.32. The van der Waals surface area contributed by atoms with E-state index in [9.17, 15) is 22.8 Å². The lowest BCUT2D eigenvalue weighted by atomic mass is 10.0. The minimum absolute atomic E-state index is 0.166. The van der Waals surface area contributed by atoms with Crippen LogP contribution in [0.5, 0.6) is 0 Å². The molecule has 3 fully saturated rings. The number of rotatable bonds is 7. The molecule has 0 bridgehead atoms. The summed E-state index contributed by atoms with van der Waals surface area (Å²) in [6.07, 6.45) is 5.27. The van der Waals surface area contributed by atoms with Gasteiger partial charge in [-0.25, -0.2) is 22.8 Å². The molecule has 0 aliphatic carbocycles. The Hall–Kier alpha value is -3.69. The second kappa shape index (κ2) is 25.9. The summed E-state index contributed by atoms with van der Waals surface area (Å²) in [6, 6.07) is 20.6. The lowest BCUT2D eigenvalue weighted by Crippen LogP contribution is -2.45. The average Bonchev–Trinajstić information content (AvgIpc) is 3.18. The topological polar surface area (TPSA) is 121 Å². The van der Waals surface area contributed by atoms with Crippen molar-refractivity contribution in [2.45, 2.75) is 128 Å². The quantitative estimate of drug-likeness (QED) is 0.174. The summed E-state index contributed by atoms with van der Waals surface area (Å²) in [5, 5.41) is 9.83. The van der Waals surface area contributed by atoms with Gasteiger partial charge in [0.1, 0.15) is 28.7 Å². The molecule has 334 valence electrons. The normalized spacial score (nSPS) is 17.1. The van der Waals surface area contributed by atoms with Crippen molar-refractivity contribution in [3.63, 3.8) is 0 Å². The third-order valence-corrected chi connectivity index (χ3v) is 10.4. The summed E-state index contributed by atoms with van der Waals surface area (Å²) < 4.78 is 48.2. The van der Waals surface area contributed by atoms with Gasteiger partial charge < -0.3 is 31.2 Å². The Kier molecular flexibility index (Phi) is 21.9. The van der Waals surface area contributed by atoms with Gasteiger partial charge in [0.2, 0.25) is 0 Å². The van der Waals surface area contributed by atoms with Crippen molar-refractivity contribution in [2.75, 3.05) is 39.3 Å². The van der Waals surface area contributed by atoms with Gasteiger partial charge in [-0.05, 0) is 159 Å². The number of benzene rings is 3. The fourth-order valence-electron chi connectivity index (χ4n) is 6.53. The summed E-state index contributed by atoms with van der Waals surface area (Å²) in [6.45, 7) is 18.8. The predicted octanol–water partition coefficient (Wildman–Crippen LogP) is 9.05. The molecule has 0 saturated carbocycles. The van der Waals surface area contributed by atoms with E-state index in [2.05, 4.69) is 41.7 Å². The minimum Gasteiger partial charge on any atom is -0.444 e. The number of piperidine rings is 3. The van der Waals surface area contributed by atoms with Crippen LogP contribution >= 0.6 is 15.9 Å². The maximum atomic E-state index is 12.9. The zero-order valence-corrected chi connectivity index (χ0v) is 38.0. The lowest BCUT2D eigenvalue weighted by molar-refractivity contribution is 0.0471. The third-order valence-electron chi connectivity index (χ3n) is 9.71. The number of nitrogens with one attached hydrogen (secondary N) is 3. The molecule has 10 nitrogen and oxygen atoms in total. The van der Waals surface area contributed by atoms with Crippen molar-refractivity contribution < 1.29 is 32.2 Å². The molecule has 5 N–H and O–H groups in total. The summed E-state index contributed by atoms with van der Waals surface area (Å²) in [5.74, 6) is -0.553. The number of nitrogens with two attached hydrogens (primary N) is 1. The van der Waals surface area contributed by atoms with E-state index in [0.29, 0.717) is 6.04 Å². The monoisotopic (exact) mass is 904 g/mol. The van der Waals surface area contributed by atoms with Crippen LogP contribution in [0.25, 0.3) is 0 Å². The SMILES string of the molecule is CC(C)(C)OC(=O)NC1CCN(Cc2ccc(F)cc2)CC1.CC(C)(C)OC(=O)NC1CCNCC1.Fc1ccc(CBr)cc1.NC1CCN(Cc2ccc(F)cc2)CC1. The minimum atomic E-state index is -0.465. The van der Waals surface area contributed by atoms with Crippen molar-refractivity contribution >= 4 is 28.1 Å². The van der Waals surface area contributed by atoms with E-state index < -0.39 is 11.2 Å². The zero-order chi connectivity index (χ0) is 44.1. The first-order chi connectivity index (χ1) is 28.4. The molecule has 3 heterocycles. The van der Waals surface area contributed by atoms with E-state index in [1.165, 1.54) is 42.0 Å². The number of alkyl halides is 1. The number of hydrogen-bond donors (Lipinski definition) is 4. The molecule has 2 amide bonds. The standard InChI is InChI=1S/C17H25FN2O2.C12H17FN2.C10H20N2O2.C7H6BrF/c1-17(2,3)22-16(21)19-15-8-10-20(11-9-15)12-13-4-6-14(18)7-5-13;13-11-3-1-10(2-4-11)9-15-7-5-12(14)6-8-15;1-10(2,3)14-9(13)12-8-4-6-11-7-5-8;8-5-6-1-3-7(9)4-2-6/h4-7,15H,8-12H2,1-3H3,(H,19,21);1-4,12H,5-9,14H2;8,11H,4-7H2,1-3H3,(H,12,13);1-4H,5H2. The zero-order valence-electron chi connectivity index (χ0n) is 36.4. The number of likely N-dealkylation sites (tertiary alicyclic amines) is 2. The van der Waals surface area contributed by atoms with Gasteiger partial charge in [0.05, 0.1) is 0 Å². The molecule has 14 heteroatoms. The molecule has 3 aliphatic heterocycles. The van der Waals surface area contributed by atoms with Crippen molar-refractivity contribution in [1.82, 2.24) is 25.8 Å². The maximum Gasteiger partial charge on any atom is 0.407 e. The highest BCUT2D eigenvalue weighted by Crippen LogP contribution is 2.17. The number of ether oxygens (including phenoxy) is 2. The largest absolute Gasteiger partial charge is 0.444 e. The smallest absolute Gasteiger partial charge is 0.407 e. The Labute approximate surface area is 364 Å². The highest BCUT2D eigenvalue weighted by molar-refractivity contribution is 9.08. The van der Waals surface area contributed by atoms with E-state index >= 15 is 0 Å². The molecule has 0 unspecified atom stereocenters. The van der Waals surface area contributed by atoms with Crippen LogP contribution in [0, 0.1) is 17.5 Å². The van der Waals surface area contributed by atoms with Crippen molar-refractivity contribution in [2.24, 2.45) is 5.73 Å². The Morgan fingerprint density at radius 3 is 1.30 bits per heavy atom. The predicted molar refractivity (Wildman–Crippen MR) is 237 cm³/mol. The summed E-state index contributed by atoms with van der Waals surface area (Å²) in [4.78, 5) is 27.8. The molecule has 0 atom stereocenters. The van der Waals surface area contributed by atoms with Gasteiger partial charge in [0.25, 0.3) is 0 Å². The highest BCUT2D eigenvalue weighted by Gasteiger charge is 2.24. The Bertz CT molecular complexity index is 1650. The fourth-order valence-corrected chi connectivity index (χ4v) is 6.90. The first kappa shape index (κ1) is 50.7. The van der Waals surface area contributed by atoms with E-state index in [-0.39, 0.29) is 41.7 Å². The van der Waals surface area contributed by atoms with Crippen LogP contribution in [-0.2, 0) is 27.9 Å². The van der Waals surface area contributed by atoms with E-state index in [1.54, 1.807) is 12.1 Å². The molecule has 60 heavy (non-hydrogen) atoms. The molecular formula is C46H68BrF3N6O4. The van der Waals surface area contributed by atoms with Gasteiger partial charge in [0.15, 0.2) is 0 Å². The Morgan fingerprint density at radius 2 is 0.950 bits per heavy atom. The second-order valence-electron chi connectivity index (χ2n) is 17.5. The number of carbonyl (C=O) groups is 2. The van der Waals surface area contributed by atoms with Gasteiger partial charge in [-0.2, -0.15) is 0 Å². The molecule has 0 aromatic heterocycles. The van der Waals surface area contributed by atoms with E-state index in [1.807, 2.05) is 65.8 Å². The van der Waals surface area contributed by atoms with Crippen LogP contribution in [0.4, 0.5) is 22.8 Å². The number of halogens is 4. The molecular weight excluding hydrogens is 837 g/mol. The fraction of sp³-hybridized carbons (Fsp3) is 0.565. The maximum absolute atomic E-state index is 12.9. The van der Waals surface area contributed by atoms with E-state index in [0.717, 1.165) is 107 Å². The first-order valence-electron chi connectivity index (χ1n) is 21.0. The molecule has 3 aromatic rings. The van der Waals surface area contributed by atoms with Crippen LogP contribution in [0.3, 0.4) is 0 Å². The van der Waals surface area contributed by atoms with Crippen molar-refractivity contribution in [3.05, 3.63) is 107 Å². The number of amides is 2. The number of carbonyl (C=O) groups excluding carboxylic acids is 2. The molecule has 6 rings (SSSR count). The number of nitrogens with zero attached hydrogens (tertiary/aromatic N) is 2. The summed E-state index contributed by atoms with van der Waals surface area (Å²) >= 11 is 3.26. The Balaban J connectivity index is 0.000000223. The van der Waals surface area contributed by atoms with Gasteiger partial charge in [-0.3, -0.25) is 9.80 Å². The molecule has 0 spiro atoms. The van der Waals surface area contributed by atoms with Crippen LogP contribution in [-0.4, -0.2) is 90.6 Å². The van der Waals surface area contributed by atoms with Gasteiger partial charge in [-0.15, -0.1) is 0 Å². The highest BCUT2D eigenvalue weighted by atomic mass is 79.9. The van der Waals surface area contributed by atoms with Crippen molar-refractivity contribution in [3.8, 4) is 0 Å². The van der Waals surface area contributed by atoms with Crippen LogP contribution in [0.15, 0.2) is 72.8 Å². The van der Waals surface area contributed by atoms with E-state index in [4.69, 9.17) is 15.2 Å². The number of alkyl carbamates (subject to hydrolysis) is 2. The summed E-state index contributed by atoms with van der Waals surface area (Å²) in [5.41, 5.74) is 8.34. The first-order valence-corrected chi connectivity index (χ1v) is 22.2. The Morgan fingerprint density at radius 1 is 0.617 bits per heavy atom. The number of hydrogen-bond acceptors (Lipinski definition) is 8. The third kappa shape index (κ3) is 22.8. The molecule has 3 saturated heterocycles. The van der Waals surface area contributed by atoms with Gasteiger partial charge in [0, 0.05) is 49.6 Å².